The number of nitrogens with one attached hydrogen (secondary N) is 3. The van der Waals surface area contributed by atoms with Crippen LogP contribution in [0.1, 0.15) is 24.3 Å². The summed E-state index contributed by atoms with van der Waals surface area (Å²) >= 11 is 1.30. The van der Waals surface area contributed by atoms with E-state index in [-0.39, 0.29) is 11.2 Å². The number of hydrogen-bond acceptors (Lipinski definition) is 6. The van der Waals surface area contributed by atoms with E-state index < -0.39 is 11.2 Å². The van der Waals surface area contributed by atoms with E-state index in [1.54, 1.807) is 7.11 Å². The summed E-state index contributed by atoms with van der Waals surface area (Å²) in [6.07, 6.45) is 1.98. The van der Waals surface area contributed by atoms with Gasteiger partial charge in [-0.2, -0.15) is 0 Å². The lowest BCUT2D eigenvalue weighted by molar-refractivity contribution is 0.0853. The highest BCUT2D eigenvalue weighted by molar-refractivity contribution is 7.99. The van der Waals surface area contributed by atoms with Crippen molar-refractivity contribution < 1.29 is 9.47 Å². The van der Waals surface area contributed by atoms with Crippen LogP contribution in [0.2, 0.25) is 0 Å². The van der Waals surface area contributed by atoms with Gasteiger partial charge < -0.3 is 9.47 Å². The molecule has 1 saturated heterocycles. The van der Waals surface area contributed by atoms with E-state index in [1.807, 2.05) is 6.07 Å². The Morgan fingerprint density at radius 2 is 2.00 bits per heavy atom. The molecule has 4 rings (SSSR count). The van der Waals surface area contributed by atoms with Crippen LogP contribution in [0.25, 0.3) is 11.2 Å². The molecule has 26 heavy (non-hydrogen) atoms. The third-order valence-corrected chi connectivity index (χ3v) is 5.38. The summed E-state index contributed by atoms with van der Waals surface area (Å²) in [5, 5.41) is 0.389. The SMILES string of the molecule is COc1ccc(C2CCOCC2)cc1Sc1nc2[nH]c(=O)[nH]c2c(=O)[nH]1. The minimum absolute atomic E-state index is 0.141. The standard InChI is InChI=1S/C17H18N4O4S/c1-24-11-3-2-10(9-4-6-25-7-5-9)8-12(11)26-17-20-14-13(15(22)21-17)18-16(23)19-14/h2-3,8-9H,4-7H2,1H3,(H3,18,19,20,21,22,23). The third-order valence-electron chi connectivity index (χ3n) is 4.46. The van der Waals surface area contributed by atoms with Crippen LogP contribution in [-0.4, -0.2) is 40.3 Å². The maximum Gasteiger partial charge on any atom is 0.325 e. The fourth-order valence-electron chi connectivity index (χ4n) is 3.12. The van der Waals surface area contributed by atoms with E-state index in [0.717, 1.165) is 31.0 Å². The predicted octanol–water partition coefficient (Wildman–Crippen LogP) is 1.99. The molecule has 3 heterocycles. The summed E-state index contributed by atoms with van der Waals surface area (Å²) in [5.74, 6) is 1.15. The first-order chi connectivity index (χ1) is 12.6. The molecule has 3 N–H and O–H groups in total. The van der Waals surface area contributed by atoms with Gasteiger partial charge in [0.15, 0.2) is 16.3 Å². The Balaban J connectivity index is 1.70. The fourth-order valence-corrected chi connectivity index (χ4v) is 4.06. The molecule has 3 aromatic rings. The number of aromatic nitrogens is 4. The van der Waals surface area contributed by atoms with E-state index in [0.29, 0.717) is 16.8 Å². The second kappa shape index (κ2) is 7.00. The predicted molar refractivity (Wildman–Crippen MR) is 97.2 cm³/mol. The Bertz CT molecular complexity index is 1050. The van der Waals surface area contributed by atoms with Crippen LogP contribution in [-0.2, 0) is 4.74 Å². The summed E-state index contributed by atoms with van der Waals surface area (Å²) in [6, 6.07) is 6.08. The largest absolute Gasteiger partial charge is 0.496 e. The monoisotopic (exact) mass is 374 g/mol. The maximum atomic E-state index is 12.1. The van der Waals surface area contributed by atoms with E-state index in [4.69, 9.17) is 9.47 Å². The Hall–Kier alpha value is -2.52. The summed E-state index contributed by atoms with van der Waals surface area (Å²) in [4.78, 5) is 36.3. The van der Waals surface area contributed by atoms with Crippen LogP contribution in [0.4, 0.5) is 0 Å². The van der Waals surface area contributed by atoms with E-state index >= 15 is 0 Å². The number of benzene rings is 1. The van der Waals surface area contributed by atoms with E-state index in [9.17, 15) is 9.59 Å². The lowest BCUT2D eigenvalue weighted by Crippen LogP contribution is -2.14. The summed E-state index contributed by atoms with van der Waals surface area (Å²) < 4.78 is 10.9. The molecular weight excluding hydrogens is 356 g/mol. The van der Waals surface area contributed by atoms with E-state index in [1.165, 1.54) is 17.3 Å². The highest BCUT2D eigenvalue weighted by Crippen LogP contribution is 2.37. The second-order valence-electron chi connectivity index (χ2n) is 6.07. The van der Waals surface area contributed by atoms with Crippen molar-refractivity contribution in [2.45, 2.75) is 28.8 Å². The number of imidazole rings is 1. The third kappa shape index (κ3) is 3.27. The average Bonchev–Trinajstić information content (AvgIpc) is 3.03. The molecule has 1 fully saturated rings. The maximum absolute atomic E-state index is 12.1. The smallest absolute Gasteiger partial charge is 0.325 e. The van der Waals surface area contributed by atoms with Crippen LogP contribution in [0, 0.1) is 0 Å². The van der Waals surface area contributed by atoms with Gasteiger partial charge in [0.05, 0.1) is 12.0 Å². The Kier molecular flexibility index (Phi) is 4.56. The molecular formula is C17H18N4O4S. The van der Waals surface area contributed by atoms with Crippen molar-refractivity contribution in [3.05, 3.63) is 44.6 Å². The van der Waals surface area contributed by atoms with Crippen LogP contribution < -0.4 is 16.0 Å². The second-order valence-corrected chi connectivity index (χ2v) is 7.10. The van der Waals surface area contributed by atoms with Crippen molar-refractivity contribution in [3.8, 4) is 5.75 Å². The first-order valence-corrected chi connectivity index (χ1v) is 9.11. The quantitative estimate of drug-likeness (QED) is 0.602. The van der Waals surface area contributed by atoms with Gasteiger partial charge in [-0.1, -0.05) is 6.07 Å². The summed E-state index contributed by atoms with van der Waals surface area (Å²) in [6.45, 7) is 1.54. The van der Waals surface area contributed by atoms with Crippen molar-refractivity contribution in [1.29, 1.82) is 0 Å². The number of nitrogens with zero attached hydrogens (tertiary/aromatic N) is 1. The minimum atomic E-state index is -0.459. The number of hydrogen-bond donors (Lipinski definition) is 3. The zero-order valence-corrected chi connectivity index (χ0v) is 14.9. The zero-order chi connectivity index (χ0) is 18.1. The van der Waals surface area contributed by atoms with Gasteiger partial charge in [0.25, 0.3) is 5.56 Å². The van der Waals surface area contributed by atoms with Gasteiger partial charge in [-0.25, -0.2) is 9.78 Å². The molecule has 0 unspecified atom stereocenters. The number of methoxy groups -OCH3 is 1. The summed E-state index contributed by atoms with van der Waals surface area (Å²) in [7, 11) is 1.61. The molecule has 0 bridgehead atoms. The molecule has 0 atom stereocenters. The molecule has 1 aromatic carbocycles. The molecule has 8 nitrogen and oxygen atoms in total. The van der Waals surface area contributed by atoms with Gasteiger partial charge in [0.1, 0.15) is 5.75 Å². The minimum Gasteiger partial charge on any atom is -0.496 e. The Morgan fingerprint density at radius 3 is 2.77 bits per heavy atom. The van der Waals surface area contributed by atoms with E-state index in [2.05, 4.69) is 32.1 Å². The van der Waals surface area contributed by atoms with Crippen molar-refractivity contribution in [1.82, 2.24) is 19.9 Å². The van der Waals surface area contributed by atoms with Crippen molar-refractivity contribution in [2.24, 2.45) is 0 Å². The average molecular weight is 374 g/mol. The van der Waals surface area contributed by atoms with Gasteiger partial charge >= 0.3 is 5.69 Å². The zero-order valence-electron chi connectivity index (χ0n) is 14.1. The molecule has 0 amide bonds. The number of H-pyrrole nitrogens is 3. The Morgan fingerprint density at radius 1 is 1.19 bits per heavy atom. The molecule has 136 valence electrons. The highest BCUT2D eigenvalue weighted by atomic mass is 32.2. The molecule has 1 aliphatic heterocycles. The highest BCUT2D eigenvalue weighted by Gasteiger charge is 2.18. The fraction of sp³-hybridized carbons (Fsp3) is 0.353. The summed E-state index contributed by atoms with van der Waals surface area (Å²) in [5.41, 5.74) is 0.743. The molecule has 1 aliphatic rings. The van der Waals surface area contributed by atoms with Gasteiger partial charge in [0.2, 0.25) is 0 Å². The number of fused-ring (bicyclic) bond motifs is 1. The van der Waals surface area contributed by atoms with Gasteiger partial charge in [-0.15, -0.1) is 0 Å². The van der Waals surface area contributed by atoms with Gasteiger partial charge in [0, 0.05) is 13.2 Å². The van der Waals surface area contributed by atoms with Crippen molar-refractivity contribution >= 4 is 22.9 Å². The topological polar surface area (TPSA) is 113 Å². The van der Waals surface area contributed by atoms with Crippen LogP contribution >= 0.6 is 11.8 Å². The normalized spacial score (nSPS) is 15.4. The lowest BCUT2D eigenvalue weighted by Gasteiger charge is -2.23. The molecule has 0 aliphatic carbocycles. The van der Waals surface area contributed by atoms with Crippen LogP contribution in [0.5, 0.6) is 5.75 Å². The molecule has 0 radical (unpaired) electrons. The lowest BCUT2D eigenvalue weighted by atomic mass is 9.92. The molecule has 0 saturated carbocycles. The van der Waals surface area contributed by atoms with Crippen molar-refractivity contribution in [3.63, 3.8) is 0 Å². The van der Waals surface area contributed by atoms with Crippen LogP contribution in [0.15, 0.2) is 37.8 Å². The van der Waals surface area contributed by atoms with Gasteiger partial charge in [-0.05, 0) is 48.2 Å². The van der Waals surface area contributed by atoms with Gasteiger partial charge in [-0.3, -0.25) is 19.7 Å². The molecule has 9 heteroatoms. The molecule has 0 spiro atoms. The Labute approximate surface area is 152 Å². The molecule has 2 aromatic heterocycles. The number of ether oxygens (including phenoxy) is 2. The first kappa shape index (κ1) is 16.9. The van der Waals surface area contributed by atoms with Crippen LogP contribution in [0.3, 0.4) is 0 Å². The first-order valence-electron chi connectivity index (χ1n) is 8.30. The van der Waals surface area contributed by atoms with Crippen molar-refractivity contribution in [2.75, 3.05) is 20.3 Å². The number of rotatable bonds is 4. The number of aromatic amines is 3.